The van der Waals surface area contributed by atoms with Crippen LogP contribution in [-0.4, -0.2) is 33.7 Å². The van der Waals surface area contributed by atoms with Gasteiger partial charge in [-0.25, -0.2) is 0 Å². The van der Waals surface area contributed by atoms with Gasteiger partial charge in [0.25, 0.3) is 5.91 Å². The Morgan fingerprint density at radius 1 is 1.45 bits per heavy atom. The number of aromatic nitrogens is 2. The van der Waals surface area contributed by atoms with Gasteiger partial charge in [0.2, 0.25) is 9.47 Å². The van der Waals surface area contributed by atoms with Crippen LogP contribution in [0.2, 0.25) is 4.47 Å². The van der Waals surface area contributed by atoms with E-state index in [0.717, 1.165) is 0 Å². The molecule has 0 saturated carbocycles. The first-order chi connectivity index (χ1) is 9.35. The molecule has 0 aromatic carbocycles. The molecule has 0 aliphatic carbocycles. The number of carbonyl (C=O) groups is 1. The highest BCUT2D eigenvalue weighted by molar-refractivity contribution is 7.17. The number of rotatable bonds is 4. The molecule has 0 radical (unpaired) electrons. The van der Waals surface area contributed by atoms with E-state index in [2.05, 4.69) is 10.2 Å². The third kappa shape index (κ3) is 3.94. The maximum absolute atomic E-state index is 12.5. The van der Waals surface area contributed by atoms with Crippen molar-refractivity contribution in [3.8, 4) is 0 Å². The normalized spacial score (nSPS) is 11.6. The summed E-state index contributed by atoms with van der Waals surface area (Å²) >= 11 is 6.24. The molecule has 0 atom stereocenters. The van der Waals surface area contributed by atoms with Crippen LogP contribution in [0.3, 0.4) is 0 Å². The average Bonchev–Trinajstić information content (AvgIpc) is 2.97. The molecule has 108 valence electrons. The highest BCUT2D eigenvalue weighted by Gasteiger charge is 2.34. The average molecular weight is 326 g/mol. The van der Waals surface area contributed by atoms with Crippen molar-refractivity contribution in [3.63, 3.8) is 0 Å². The minimum atomic E-state index is -4.53. The number of carbonyl (C=O) groups excluding carboxylic acids is 1. The van der Waals surface area contributed by atoms with E-state index in [4.69, 9.17) is 16.0 Å². The van der Waals surface area contributed by atoms with Crippen LogP contribution in [-0.2, 0) is 6.54 Å². The second kappa shape index (κ2) is 5.80. The number of hydrogen-bond acceptors (Lipinski definition) is 5. The van der Waals surface area contributed by atoms with Gasteiger partial charge < -0.3 is 9.32 Å². The molecule has 0 aliphatic rings. The molecule has 2 aromatic heterocycles. The summed E-state index contributed by atoms with van der Waals surface area (Å²) in [6.07, 6.45) is -3.22. The first-order valence-corrected chi connectivity index (χ1v) is 6.42. The summed E-state index contributed by atoms with van der Waals surface area (Å²) in [7, 11) is 0. The second-order valence-corrected chi connectivity index (χ2v) is 5.28. The third-order valence-electron chi connectivity index (χ3n) is 2.17. The Kier molecular flexibility index (Phi) is 4.29. The van der Waals surface area contributed by atoms with E-state index in [1.54, 1.807) is 0 Å². The van der Waals surface area contributed by atoms with Gasteiger partial charge in [-0.3, -0.25) is 4.79 Å². The van der Waals surface area contributed by atoms with Crippen molar-refractivity contribution in [1.29, 1.82) is 0 Å². The van der Waals surface area contributed by atoms with Crippen molar-refractivity contribution in [1.82, 2.24) is 15.1 Å². The fourth-order valence-electron chi connectivity index (χ4n) is 1.43. The lowest BCUT2D eigenvalue weighted by Crippen LogP contribution is -2.38. The highest BCUT2D eigenvalue weighted by atomic mass is 35.5. The first-order valence-electron chi connectivity index (χ1n) is 5.22. The van der Waals surface area contributed by atoms with Gasteiger partial charge in [0.05, 0.1) is 12.8 Å². The van der Waals surface area contributed by atoms with Crippen molar-refractivity contribution in [3.05, 3.63) is 33.6 Å². The summed E-state index contributed by atoms with van der Waals surface area (Å²) in [5.74, 6) is -0.665. The van der Waals surface area contributed by atoms with E-state index in [1.807, 2.05) is 0 Å². The molecule has 0 fully saturated rings. The van der Waals surface area contributed by atoms with Gasteiger partial charge >= 0.3 is 6.18 Å². The van der Waals surface area contributed by atoms with E-state index < -0.39 is 18.6 Å². The van der Waals surface area contributed by atoms with Gasteiger partial charge in [-0.1, -0.05) is 11.3 Å². The van der Waals surface area contributed by atoms with Crippen molar-refractivity contribution in [2.75, 3.05) is 6.54 Å². The molecule has 5 nitrogen and oxygen atoms in total. The largest absolute Gasteiger partial charge is 0.467 e. The molecule has 20 heavy (non-hydrogen) atoms. The minimum absolute atomic E-state index is 0.0155. The molecule has 0 spiro atoms. The van der Waals surface area contributed by atoms with E-state index >= 15 is 0 Å². The van der Waals surface area contributed by atoms with Crippen LogP contribution in [0.1, 0.15) is 15.6 Å². The van der Waals surface area contributed by atoms with Crippen LogP contribution in [0.25, 0.3) is 0 Å². The van der Waals surface area contributed by atoms with E-state index in [1.165, 1.54) is 18.4 Å². The molecule has 0 aliphatic heterocycles. The zero-order chi connectivity index (χ0) is 14.8. The summed E-state index contributed by atoms with van der Waals surface area (Å²) in [6.45, 7) is -1.73. The Morgan fingerprint density at radius 2 is 2.20 bits per heavy atom. The number of halogens is 4. The quantitative estimate of drug-likeness (QED) is 0.867. The van der Waals surface area contributed by atoms with Crippen LogP contribution in [0, 0.1) is 0 Å². The zero-order valence-corrected chi connectivity index (χ0v) is 11.3. The monoisotopic (exact) mass is 325 g/mol. The Balaban J connectivity index is 2.19. The molecule has 0 unspecified atom stereocenters. The summed E-state index contributed by atoms with van der Waals surface area (Å²) < 4.78 is 42.5. The van der Waals surface area contributed by atoms with Crippen LogP contribution >= 0.6 is 22.9 Å². The summed E-state index contributed by atoms with van der Waals surface area (Å²) in [4.78, 5) is 12.6. The maximum Gasteiger partial charge on any atom is 0.406 e. The van der Waals surface area contributed by atoms with Crippen LogP contribution in [0.15, 0.2) is 22.8 Å². The van der Waals surface area contributed by atoms with Crippen LogP contribution in [0.4, 0.5) is 13.2 Å². The molecule has 1 amide bonds. The highest BCUT2D eigenvalue weighted by Crippen LogP contribution is 2.22. The van der Waals surface area contributed by atoms with Gasteiger partial charge in [0.15, 0.2) is 0 Å². The number of alkyl halides is 3. The second-order valence-electron chi connectivity index (χ2n) is 3.72. The Hall–Kier alpha value is -1.61. The minimum Gasteiger partial charge on any atom is -0.467 e. The summed E-state index contributed by atoms with van der Waals surface area (Å²) in [5.41, 5.74) is 0. The van der Waals surface area contributed by atoms with Gasteiger partial charge in [-0.15, -0.1) is 10.2 Å². The standard InChI is InChI=1S/C10H7ClF3N3O2S/c11-9-16-15-7(20-9)8(18)17(5-10(12,13)14)4-6-2-1-3-19-6/h1-3H,4-5H2. The van der Waals surface area contributed by atoms with Crippen molar-refractivity contribution >= 4 is 28.8 Å². The first kappa shape index (κ1) is 14.8. The van der Waals surface area contributed by atoms with Crippen molar-refractivity contribution in [2.24, 2.45) is 0 Å². The van der Waals surface area contributed by atoms with Crippen molar-refractivity contribution < 1.29 is 22.4 Å². The maximum atomic E-state index is 12.5. The third-order valence-corrected chi connectivity index (χ3v) is 3.17. The summed E-state index contributed by atoms with van der Waals surface area (Å²) in [6, 6.07) is 3.00. The number of hydrogen-bond donors (Lipinski definition) is 0. The van der Waals surface area contributed by atoms with Gasteiger partial charge in [0, 0.05) is 0 Å². The van der Waals surface area contributed by atoms with Gasteiger partial charge in [-0.2, -0.15) is 13.2 Å². The lowest BCUT2D eigenvalue weighted by Gasteiger charge is -2.21. The topological polar surface area (TPSA) is 59.2 Å². The van der Waals surface area contributed by atoms with Gasteiger partial charge in [-0.05, 0) is 23.7 Å². The molecule has 2 rings (SSSR count). The zero-order valence-electron chi connectivity index (χ0n) is 9.72. The molecular formula is C10H7ClF3N3O2S. The molecule has 0 saturated heterocycles. The van der Waals surface area contributed by atoms with Crippen LogP contribution in [0.5, 0.6) is 0 Å². The van der Waals surface area contributed by atoms with Crippen LogP contribution < -0.4 is 0 Å². The van der Waals surface area contributed by atoms with E-state index in [0.29, 0.717) is 16.2 Å². The fraction of sp³-hybridized carbons (Fsp3) is 0.300. The molecule has 2 heterocycles. The summed E-state index contributed by atoms with van der Waals surface area (Å²) in [5, 5.41) is 6.64. The molecule has 2 aromatic rings. The lowest BCUT2D eigenvalue weighted by molar-refractivity contribution is -0.142. The van der Waals surface area contributed by atoms with Gasteiger partial charge in [0.1, 0.15) is 12.3 Å². The van der Waals surface area contributed by atoms with E-state index in [9.17, 15) is 18.0 Å². The molecular weight excluding hydrogens is 319 g/mol. The smallest absolute Gasteiger partial charge is 0.406 e. The number of furan rings is 1. The lowest BCUT2D eigenvalue weighted by atomic mass is 10.3. The molecule has 0 N–H and O–H groups in total. The molecule has 0 bridgehead atoms. The Morgan fingerprint density at radius 3 is 2.70 bits per heavy atom. The predicted octanol–water partition coefficient (Wildman–Crippen LogP) is 2.99. The predicted molar refractivity (Wildman–Crippen MR) is 64.4 cm³/mol. The Bertz CT molecular complexity index is 585. The number of amides is 1. The van der Waals surface area contributed by atoms with E-state index in [-0.39, 0.29) is 21.8 Å². The SMILES string of the molecule is O=C(c1nnc(Cl)s1)N(Cc1ccco1)CC(F)(F)F. The fourth-order valence-corrected chi connectivity index (χ4v) is 2.23. The molecule has 10 heteroatoms. The number of nitrogens with zero attached hydrogens (tertiary/aromatic N) is 3. The van der Waals surface area contributed by atoms with Crippen molar-refractivity contribution in [2.45, 2.75) is 12.7 Å². The Labute approximate surface area is 120 Å².